The predicted octanol–water partition coefficient (Wildman–Crippen LogP) is 1.49. The number of halogens is 1. The molecule has 1 heterocycles. The van der Waals surface area contributed by atoms with Gasteiger partial charge in [0.05, 0.1) is 6.04 Å². The van der Waals surface area contributed by atoms with Crippen molar-refractivity contribution in [3.63, 3.8) is 0 Å². The minimum Gasteiger partial charge on any atom is -0.271 e. The van der Waals surface area contributed by atoms with E-state index in [9.17, 15) is 4.39 Å². The monoisotopic (exact) mass is 263 g/mol. The lowest BCUT2D eigenvalue weighted by molar-refractivity contribution is 0.484. The summed E-state index contributed by atoms with van der Waals surface area (Å²) in [6.07, 6.45) is 1.99. The second kappa shape index (κ2) is 5.90. The number of nitrogens with one attached hydrogen (secondary N) is 1. The first-order valence-corrected chi connectivity index (χ1v) is 6.24. The molecule has 0 amide bonds. The zero-order valence-electron chi connectivity index (χ0n) is 11.1. The summed E-state index contributed by atoms with van der Waals surface area (Å²) in [5.74, 6) is 6.07. The van der Waals surface area contributed by atoms with Crippen LogP contribution in [0.4, 0.5) is 4.39 Å². The fraction of sp³-hybridized carbons (Fsp3) is 0.385. The molecule has 2 aromatic rings. The van der Waals surface area contributed by atoms with E-state index >= 15 is 0 Å². The molecule has 0 spiro atoms. The largest absolute Gasteiger partial charge is 0.271 e. The number of nitrogens with zero attached hydrogens (tertiary/aromatic N) is 3. The first-order chi connectivity index (χ1) is 9.15. The van der Waals surface area contributed by atoms with Crippen LogP contribution in [0.25, 0.3) is 0 Å². The second-order valence-corrected chi connectivity index (χ2v) is 4.44. The van der Waals surface area contributed by atoms with Crippen LogP contribution < -0.4 is 11.3 Å². The van der Waals surface area contributed by atoms with Crippen molar-refractivity contribution in [3.8, 4) is 0 Å². The minimum absolute atomic E-state index is 0.267. The van der Waals surface area contributed by atoms with E-state index in [1.54, 1.807) is 16.8 Å². The Morgan fingerprint density at radius 2 is 2.26 bits per heavy atom. The summed E-state index contributed by atoms with van der Waals surface area (Å²) >= 11 is 0. The van der Waals surface area contributed by atoms with Crippen molar-refractivity contribution in [2.24, 2.45) is 5.84 Å². The maximum atomic E-state index is 13.9. The Labute approximate surface area is 111 Å². The Bertz CT molecular complexity index is 552. The zero-order chi connectivity index (χ0) is 13.8. The highest BCUT2D eigenvalue weighted by atomic mass is 19.1. The first kappa shape index (κ1) is 13.6. The maximum Gasteiger partial charge on any atom is 0.138 e. The van der Waals surface area contributed by atoms with E-state index in [-0.39, 0.29) is 11.9 Å². The molecular formula is C13H18FN5. The molecule has 0 aliphatic carbocycles. The number of hydrogen-bond acceptors (Lipinski definition) is 4. The standard InChI is InChI=1S/C13H18FN5/c1-3-19-13(16-8-17-19)7-12(18-15)10-6-9(2)4-5-11(10)14/h4-6,8,12,18H,3,7,15H2,1-2H3. The highest BCUT2D eigenvalue weighted by Gasteiger charge is 2.17. The third kappa shape index (κ3) is 2.97. The van der Waals surface area contributed by atoms with Crippen LogP contribution in [0.2, 0.25) is 0 Å². The molecule has 0 aliphatic heterocycles. The number of hydrogen-bond donors (Lipinski definition) is 2. The van der Waals surface area contributed by atoms with Gasteiger partial charge in [-0.1, -0.05) is 17.7 Å². The average molecular weight is 263 g/mol. The molecule has 1 aromatic heterocycles. The lowest BCUT2D eigenvalue weighted by Gasteiger charge is -2.17. The molecule has 0 radical (unpaired) electrons. The summed E-state index contributed by atoms with van der Waals surface area (Å²) in [4.78, 5) is 4.19. The fourth-order valence-electron chi connectivity index (χ4n) is 2.08. The van der Waals surface area contributed by atoms with Crippen LogP contribution in [0, 0.1) is 12.7 Å². The van der Waals surface area contributed by atoms with Gasteiger partial charge in [-0.25, -0.2) is 9.37 Å². The molecule has 0 saturated heterocycles. The van der Waals surface area contributed by atoms with E-state index in [0.717, 1.165) is 17.9 Å². The van der Waals surface area contributed by atoms with E-state index in [0.29, 0.717) is 12.0 Å². The molecule has 0 saturated carbocycles. The van der Waals surface area contributed by atoms with Crippen LogP contribution in [0.5, 0.6) is 0 Å². The van der Waals surface area contributed by atoms with E-state index in [1.807, 2.05) is 13.8 Å². The van der Waals surface area contributed by atoms with Crippen molar-refractivity contribution in [2.45, 2.75) is 32.9 Å². The van der Waals surface area contributed by atoms with Crippen molar-refractivity contribution in [3.05, 3.63) is 47.3 Å². The van der Waals surface area contributed by atoms with Crippen LogP contribution in [-0.4, -0.2) is 14.8 Å². The van der Waals surface area contributed by atoms with Gasteiger partial charge in [0.1, 0.15) is 18.0 Å². The number of rotatable bonds is 5. The second-order valence-electron chi connectivity index (χ2n) is 4.44. The molecular weight excluding hydrogens is 245 g/mol. The predicted molar refractivity (Wildman–Crippen MR) is 70.6 cm³/mol. The number of aromatic nitrogens is 3. The third-order valence-corrected chi connectivity index (χ3v) is 3.11. The SMILES string of the molecule is CCn1ncnc1CC(NN)c1cc(C)ccc1F. The van der Waals surface area contributed by atoms with Crippen molar-refractivity contribution >= 4 is 0 Å². The van der Waals surface area contributed by atoms with Gasteiger partial charge in [-0.15, -0.1) is 0 Å². The number of aryl methyl sites for hydroxylation is 2. The number of nitrogens with two attached hydrogens (primary N) is 1. The van der Waals surface area contributed by atoms with E-state index in [4.69, 9.17) is 5.84 Å². The molecule has 0 bridgehead atoms. The molecule has 1 atom stereocenters. The first-order valence-electron chi connectivity index (χ1n) is 6.24. The average Bonchev–Trinajstić information content (AvgIpc) is 2.86. The summed E-state index contributed by atoms with van der Waals surface area (Å²) in [6.45, 7) is 4.63. The zero-order valence-corrected chi connectivity index (χ0v) is 11.1. The van der Waals surface area contributed by atoms with Crippen LogP contribution >= 0.6 is 0 Å². The Morgan fingerprint density at radius 1 is 1.47 bits per heavy atom. The summed E-state index contributed by atoms with van der Waals surface area (Å²) in [5, 5.41) is 4.10. The molecule has 102 valence electrons. The normalized spacial score (nSPS) is 12.6. The van der Waals surface area contributed by atoms with Gasteiger partial charge in [0, 0.05) is 18.5 Å². The summed E-state index contributed by atoms with van der Waals surface area (Å²) in [6, 6.07) is 4.67. The van der Waals surface area contributed by atoms with Crippen molar-refractivity contribution in [1.82, 2.24) is 20.2 Å². The topological polar surface area (TPSA) is 68.8 Å². The van der Waals surface area contributed by atoms with Gasteiger partial charge in [-0.2, -0.15) is 5.10 Å². The fourth-order valence-corrected chi connectivity index (χ4v) is 2.08. The molecule has 5 nitrogen and oxygen atoms in total. The molecule has 19 heavy (non-hydrogen) atoms. The van der Waals surface area contributed by atoms with Gasteiger partial charge in [-0.3, -0.25) is 16.0 Å². The Balaban J connectivity index is 2.27. The lowest BCUT2D eigenvalue weighted by Crippen LogP contribution is -2.31. The van der Waals surface area contributed by atoms with Gasteiger partial charge in [0.2, 0.25) is 0 Å². The summed E-state index contributed by atoms with van der Waals surface area (Å²) < 4.78 is 15.7. The highest BCUT2D eigenvalue weighted by Crippen LogP contribution is 2.21. The molecule has 6 heteroatoms. The van der Waals surface area contributed by atoms with Gasteiger partial charge >= 0.3 is 0 Å². The third-order valence-electron chi connectivity index (χ3n) is 3.11. The maximum absolute atomic E-state index is 13.9. The Hall–Kier alpha value is -1.79. The van der Waals surface area contributed by atoms with E-state index in [1.165, 1.54) is 12.4 Å². The molecule has 0 fully saturated rings. The smallest absolute Gasteiger partial charge is 0.138 e. The highest BCUT2D eigenvalue weighted by molar-refractivity contribution is 5.27. The molecule has 0 aliphatic rings. The van der Waals surface area contributed by atoms with Gasteiger partial charge < -0.3 is 0 Å². The van der Waals surface area contributed by atoms with Gasteiger partial charge in [0.15, 0.2) is 0 Å². The van der Waals surface area contributed by atoms with Crippen LogP contribution in [0.1, 0.15) is 29.9 Å². The molecule has 3 N–H and O–H groups in total. The van der Waals surface area contributed by atoms with Crippen molar-refractivity contribution < 1.29 is 4.39 Å². The minimum atomic E-state index is -0.325. The lowest BCUT2D eigenvalue weighted by atomic mass is 10.0. The van der Waals surface area contributed by atoms with E-state index in [2.05, 4.69) is 15.5 Å². The van der Waals surface area contributed by atoms with Crippen LogP contribution in [0.3, 0.4) is 0 Å². The van der Waals surface area contributed by atoms with Gasteiger partial charge in [0.25, 0.3) is 0 Å². The van der Waals surface area contributed by atoms with Crippen molar-refractivity contribution in [2.75, 3.05) is 0 Å². The Morgan fingerprint density at radius 3 is 2.95 bits per heavy atom. The van der Waals surface area contributed by atoms with Gasteiger partial charge in [-0.05, 0) is 19.9 Å². The van der Waals surface area contributed by atoms with E-state index < -0.39 is 0 Å². The summed E-state index contributed by atoms with van der Waals surface area (Å²) in [5.41, 5.74) is 4.20. The van der Waals surface area contributed by atoms with Crippen LogP contribution in [-0.2, 0) is 13.0 Å². The number of hydrazine groups is 1. The molecule has 2 rings (SSSR count). The molecule has 1 unspecified atom stereocenters. The van der Waals surface area contributed by atoms with Crippen molar-refractivity contribution in [1.29, 1.82) is 0 Å². The van der Waals surface area contributed by atoms with Crippen LogP contribution in [0.15, 0.2) is 24.5 Å². The Kier molecular flexibility index (Phi) is 4.24. The quantitative estimate of drug-likeness (QED) is 0.633. The number of benzene rings is 1. The molecule has 1 aromatic carbocycles. The summed E-state index contributed by atoms with van der Waals surface area (Å²) in [7, 11) is 0.